The minimum absolute atomic E-state index is 0.244. The van der Waals surface area contributed by atoms with Gasteiger partial charge in [0.15, 0.2) is 5.75 Å². The number of ether oxygens (including phenoxy) is 2. The van der Waals surface area contributed by atoms with Crippen LogP contribution in [0.5, 0.6) is 11.6 Å². The molecule has 0 aliphatic heterocycles. The number of methoxy groups -OCH3 is 1. The molecule has 1 aromatic carbocycles. The van der Waals surface area contributed by atoms with Crippen molar-refractivity contribution >= 4 is 11.9 Å². The summed E-state index contributed by atoms with van der Waals surface area (Å²) >= 11 is 0. The number of carbonyl (C=O) groups excluding carboxylic acids is 1. The van der Waals surface area contributed by atoms with Gasteiger partial charge in [-0.2, -0.15) is 0 Å². The minimum Gasteiger partial charge on any atom is -0.488 e. The molecular weight excluding hydrogens is 396 g/mol. The fraction of sp³-hybridized carbons (Fsp3) is 0.458. The molecule has 0 unspecified atom stereocenters. The zero-order chi connectivity index (χ0) is 22.3. The zero-order valence-corrected chi connectivity index (χ0v) is 18.1. The smallest absolute Gasteiger partial charge is 0.329 e. The van der Waals surface area contributed by atoms with Gasteiger partial charge in [-0.1, -0.05) is 43.7 Å². The van der Waals surface area contributed by atoms with Crippen LogP contribution in [0.1, 0.15) is 54.9 Å². The van der Waals surface area contributed by atoms with E-state index in [-0.39, 0.29) is 11.4 Å². The van der Waals surface area contributed by atoms with Crippen LogP contribution in [0.25, 0.3) is 0 Å². The molecule has 1 amide bonds. The molecule has 31 heavy (non-hydrogen) atoms. The van der Waals surface area contributed by atoms with Crippen LogP contribution >= 0.6 is 0 Å². The molecule has 166 valence electrons. The number of hydrogen-bond donors (Lipinski definition) is 2. The molecule has 1 aliphatic carbocycles. The topological polar surface area (TPSA) is 97.8 Å². The van der Waals surface area contributed by atoms with E-state index in [1.54, 1.807) is 6.07 Å². The summed E-state index contributed by atoms with van der Waals surface area (Å²) in [4.78, 5) is 29.1. The van der Waals surface area contributed by atoms with Crippen molar-refractivity contribution in [3.05, 3.63) is 53.7 Å². The molecule has 3 rings (SSSR count). The van der Waals surface area contributed by atoms with E-state index in [2.05, 4.69) is 17.2 Å². The predicted molar refractivity (Wildman–Crippen MR) is 117 cm³/mol. The van der Waals surface area contributed by atoms with Gasteiger partial charge in [-0.15, -0.1) is 0 Å². The third-order valence-electron chi connectivity index (χ3n) is 6.06. The van der Waals surface area contributed by atoms with E-state index in [4.69, 9.17) is 9.47 Å². The molecule has 2 N–H and O–H groups in total. The quantitative estimate of drug-likeness (QED) is 0.632. The molecule has 1 heterocycles. The number of rotatable bonds is 9. The number of carboxylic acids is 1. The van der Waals surface area contributed by atoms with Crippen LogP contribution in [-0.2, 0) is 11.2 Å². The Morgan fingerprint density at radius 3 is 2.55 bits per heavy atom. The summed E-state index contributed by atoms with van der Waals surface area (Å²) in [5.41, 5.74) is 0.139. The summed E-state index contributed by atoms with van der Waals surface area (Å²) in [5.74, 6) is -0.320. The van der Waals surface area contributed by atoms with Crippen LogP contribution in [0, 0.1) is 5.92 Å². The molecule has 7 heteroatoms. The van der Waals surface area contributed by atoms with Crippen molar-refractivity contribution < 1.29 is 24.2 Å². The second kappa shape index (κ2) is 10.3. The second-order valence-corrected chi connectivity index (χ2v) is 8.01. The summed E-state index contributed by atoms with van der Waals surface area (Å²) in [6, 6.07) is 11.5. The van der Waals surface area contributed by atoms with Gasteiger partial charge in [0.2, 0.25) is 0 Å². The highest BCUT2D eigenvalue weighted by atomic mass is 16.5. The molecule has 0 bridgehead atoms. The lowest BCUT2D eigenvalue weighted by atomic mass is 9.75. The molecule has 0 atom stereocenters. The molecule has 1 aliphatic rings. The van der Waals surface area contributed by atoms with Crippen molar-refractivity contribution in [2.24, 2.45) is 5.92 Å². The number of carboxylic acid groups (broad SMARTS) is 1. The molecule has 1 fully saturated rings. The third-order valence-corrected chi connectivity index (χ3v) is 6.06. The maximum atomic E-state index is 12.9. The fourth-order valence-electron chi connectivity index (χ4n) is 4.00. The number of nitrogens with one attached hydrogen (secondary N) is 1. The van der Waals surface area contributed by atoms with Crippen molar-refractivity contribution in [3.8, 4) is 11.6 Å². The Hall–Kier alpha value is -3.09. The van der Waals surface area contributed by atoms with Gasteiger partial charge in [0, 0.05) is 18.7 Å². The highest BCUT2D eigenvalue weighted by Gasteiger charge is 2.43. The highest BCUT2D eigenvalue weighted by molar-refractivity contribution is 5.98. The van der Waals surface area contributed by atoms with E-state index in [9.17, 15) is 14.7 Å². The lowest BCUT2D eigenvalue weighted by Crippen LogP contribution is -2.56. The normalized spacial score (nSPS) is 20.6. The number of aliphatic carboxylic acids is 1. The van der Waals surface area contributed by atoms with E-state index in [0.29, 0.717) is 37.5 Å². The van der Waals surface area contributed by atoms with Gasteiger partial charge in [-0.3, -0.25) is 4.79 Å². The van der Waals surface area contributed by atoms with Crippen LogP contribution < -0.4 is 14.8 Å². The van der Waals surface area contributed by atoms with Crippen LogP contribution in [0.4, 0.5) is 0 Å². The Morgan fingerprint density at radius 1 is 1.23 bits per heavy atom. The maximum Gasteiger partial charge on any atom is 0.329 e. The Labute approximate surface area is 182 Å². The number of nitrogens with zero attached hydrogens (tertiary/aromatic N) is 1. The van der Waals surface area contributed by atoms with Gasteiger partial charge >= 0.3 is 5.97 Å². The number of carbonyl (C=O) groups is 2. The van der Waals surface area contributed by atoms with Crippen LogP contribution in [0.15, 0.2) is 42.6 Å². The Kier molecular flexibility index (Phi) is 7.50. The van der Waals surface area contributed by atoms with Gasteiger partial charge in [0.1, 0.15) is 5.54 Å². The molecule has 0 spiro atoms. The van der Waals surface area contributed by atoms with Gasteiger partial charge < -0.3 is 19.9 Å². The lowest BCUT2D eigenvalue weighted by Gasteiger charge is -2.37. The number of aromatic nitrogens is 1. The van der Waals surface area contributed by atoms with E-state index in [1.807, 2.05) is 30.3 Å². The lowest BCUT2D eigenvalue weighted by molar-refractivity contribution is -0.146. The van der Waals surface area contributed by atoms with Gasteiger partial charge in [0.05, 0.1) is 19.3 Å². The molecular formula is C24H30N2O5. The first-order valence-electron chi connectivity index (χ1n) is 10.7. The fourth-order valence-corrected chi connectivity index (χ4v) is 4.00. The zero-order valence-electron chi connectivity index (χ0n) is 18.1. The Morgan fingerprint density at radius 2 is 1.94 bits per heavy atom. The SMILES string of the molecule is CC[C@H]1CC[C@](NC(=O)c2cnc(OC)c(OCCc3ccccc3)c2)(C(=O)O)CC1. The molecule has 0 saturated heterocycles. The van der Waals surface area contributed by atoms with Gasteiger partial charge in [-0.25, -0.2) is 9.78 Å². The molecule has 1 aromatic heterocycles. The van der Waals surface area contributed by atoms with Crippen LogP contribution in [0.3, 0.4) is 0 Å². The Bertz CT molecular complexity index is 892. The van der Waals surface area contributed by atoms with Crippen molar-refractivity contribution in [1.29, 1.82) is 0 Å². The monoisotopic (exact) mass is 426 g/mol. The summed E-state index contributed by atoms with van der Waals surface area (Å²) in [6.45, 7) is 2.50. The summed E-state index contributed by atoms with van der Waals surface area (Å²) in [7, 11) is 1.48. The third kappa shape index (κ3) is 5.54. The largest absolute Gasteiger partial charge is 0.488 e. The summed E-state index contributed by atoms with van der Waals surface area (Å²) in [6.07, 6.45) is 5.53. The molecule has 7 nitrogen and oxygen atoms in total. The standard InChI is InChI=1S/C24H30N2O5/c1-3-17-9-12-24(13-10-17,23(28)29)26-21(27)19-15-20(22(30-2)25-16-19)31-14-11-18-7-5-4-6-8-18/h4-8,15-17H,3,9-14H2,1-2H3,(H,26,27)(H,28,29)/t17-,24+. The van der Waals surface area contributed by atoms with Gasteiger partial charge in [-0.05, 0) is 37.2 Å². The van der Waals surface area contributed by atoms with E-state index in [1.165, 1.54) is 13.3 Å². The summed E-state index contributed by atoms with van der Waals surface area (Å²) < 4.78 is 11.1. The first-order valence-corrected chi connectivity index (χ1v) is 10.7. The minimum atomic E-state index is -1.24. The number of amides is 1. The maximum absolute atomic E-state index is 12.9. The molecule has 1 saturated carbocycles. The first-order chi connectivity index (χ1) is 15.0. The van der Waals surface area contributed by atoms with Crippen LogP contribution in [-0.4, -0.2) is 41.2 Å². The average molecular weight is 427 g/mol. The number of pyridine rings is 1. The molecule has 2 aromatic rings. The number of benzene rings is 1. The average Bonchev–Trinajstić information content (AvgIpc) is 2.80. The van der Waals surface area contributed by atoms with Crippen molar-refractivity contribution in [2.75, 3.05) is 13.7 Å². The van der Waals surface area contributed by atoms with Crippen molar-refractivity contribution in [3.63, 3.8) is 0 Å². The van der Waals surface area contributed by atoms with Crippen molar-refractivity contribution in [1.82, 2.24) is 10.3 Å². The van der Waals surface area contributed by atoms with Gasteiger partial charge in [0.25, 0.3) is 11.8 Å². The van der Waals surface area contributed by atoms with E-state index in [0.717, 1.165) is 24.8 Å². The summed E-state index contributed by atoms with van der Waals surface area (Å²) in [5, 5.41) is 12.6. The Balaban J connectivity index is 1.70. The van der Waals surface area contributed by atoms with E-state index < -0.39 is 17.4 Å². The predicted octanol–water partition coefficient (Wildman–Crippen LogP) is 3.87. The van der Waals surface area contributed by atoms with Crippen molar-refractivity contribution in [2.45, 2.75) is 51.0 Å². The van der Waals surface area contributed by atoms with E-state index >= 15 is 0 Å². The number of hydrogen-bond acceptors (Lipinski definition) is 5. The highest BCUT2D eigenvalue weighted by Crippen LogP contribution is 2.34. The van der Waals surface area contributed by atoms with Crippen LogP contribution in [0.2, 0.25) is 0 Å². The second-order valence-electron chi connectivity index (χ2n) is 8.01. The molecule has 0 radical (unpaired) electrons. The first kappa shape index (κ1) is 22.6.